The van der Waals surface area contributed by atoms with Gasteiger partial charge >= 0.3 is 5.97 Å². The van der Waals surface area contributed by atoms with Crippen LogP contribution in [-0.2, 0) is 9.53 Å². The number of carbonyl (C=O) groups is 1. The van der Waals surface area contributed by atoms with Crippen molar-refractivity contribution in [3.63, 3.8) is 0 Å². The lowest BCUT2D eigenvalue weighted by Crippen LogP contribution is -2.17. The van der Waals surface area contributed by atoms with Crippen LogP contribution in [-0.4, -0.2) is 21.2 Å². The summed E-state index contributed by atoms with van der Waals surface area (Å²) in [6, 6.07) is 1.17. The number of rotatable bonds is 7. The van der Waals surface area contributed by atoms with E-state index in [1.54, 1.807) is 12.2 Å². The molecule has 0 saturated heterocycles. The van der Waals surface area contributed by atoms with Gasteiger partial charge in [-0.15, -0.1) is 6.58 Å². The van der Waals surface area contributed by atoms with E-state index < -0.39 is 8.07 Å². The SMILES string of the molecule is C=CC/C(=C\C(=O)OC)C/C=C/C[Si](C)(C)C. The van der Waals surface area contributed by atoms with Crippen LogP contribution in [0.25, 0.3) is 0 Å². The fraction of sp³-hybridized carbons (Fsp3) is 0.500. The van der Waals surface area contributed by atoms with Crippen LogP contribution in [0.2, 0.25) is 25.7 Å². The third kappa shape index (κ3) is 9.81. The third-order valence-electron chi connectivity index (χ3n) is 2.21. The first kappa shape index (κ1) is 15.9. The van der Waals surface area contributed by atoms with E-state index in [2.05, 4.69) is 43.1 Å². The smallest absolute Gasteiger partial charge is 0.330 e. The average molecular weight is 252 g/mol. The standard InChI is InChI=1S/C14H24O2Si/c1-6-9-13(12-14(15)16-2)10-7-8-11-17(3,4)5/h6-8,12H,1,9-11H2,2-5H3/b8-7+,13-12+. The molecule has 17 heavy (non-hydrogen) atoms. The number of hydrogen-bond donors (Lipinski definition) is 0. The maximum atomic E-state index is 11.1. The second-order valence-corrected chi connectivity index (χ2v) is 10.8. The molecule has 0 aromatic heterocycles. The zero-order chi connectivity index (χ0) is 13.3. The van der Waals surface area contributed by atoms with E-state index in [0.717, 1.165) is 18.4 Å². The van der Waals surface area contributed by atoms with Gasteiger partial charge < -0.3 is 4.74 Å². The van der Waals surface area contributed by atoms with E-state index in [1.165, 1.54) is 13.2 Å². The number of ether oxygens (including phenoxy) is 1. The molecule has 0 amide bonds. The van der Waals surface area contributed by atoms with Gasteiger partial charge in [-0.1, -0.05) is 43.4 Å². The molecule has 0 aromatic rings. The molecular weight excluding hydrogens is 228 g/mol. The Balaban J connectivity index is 4.32. The van der Waals surface area contributed by atoms with Gasteiger partial charge in [-0.05, 0) is 18.9 Å². The first-order chi connectivity index (χ1) is 7.89. The summed E-state index contributed by atoms with van der Waals surface area (Å²) in [4.78, 5) is 11.1. The topological polar surface area (TPSA) is 26.3 Å². The molecule has 0 rings (SSSR count). The van der Waals surface area contributed by atoms with Crippen molar-refractivity contribution in [3.05, 3.63) is 36.5 Å². The first-order valence-electron chi connectivity index (χ1n) is 5.92. The zero-order valence-electron chi connectivity index (χ0n) is 11.5. The highest BCUT2D eigenvalue weighted by Gasteiger charge is 2.09. The summed E-state index contributed by atoms with van der Waals surface area (Å²) in [6.45, 7) is 10.7. The van der Waals surface area contributed by atoms with Crippen molar-refractivity contribution in [2.45, 2.75) is 38.5 Å². The van der Waals surface area contributed by atoms with E-state index in [1.807, 2.05) is 0 Å². The molecule has 0 unspecified atom stereocenters. The summed E-state index contributed by atoms with van der Waals surface area (Å²) in [7, 11) is 0.390. The predicted molar refractivity (Wildman–Crippen MR) is 76.8 cm³/mol. The lowest BCUT2D eigenvalue weighted by atomic mass is 10.1. The Kier molecular flexibility index (Phi) is 7.55. The van der Waals surface area contributed by atoms with Gasteiger partial charge in [0.05, 0.1) is 7.11 Å². The lowest BCUT2D eigenvalue weighted by Gasteiger charge is -2.11. The molecule has 0 saturated carbocycles. The quantitative estimate of drug-likeness (QED) is 0.297. The Morgan fingerprint density at radius 3 is 2.35 bits per heavy atom. The summed E-state index contributed by atoms with van der Waals surface area (Å²) in [5.41, 5.74) is 1.04. The number of allylic oxidation sites excluding steroid dienone is 4. The molecule has 3 heteroatoms. The van der Waals surface area contributed by atoms with Crippen LogP contribution < -0.4 is 0 Å². The molecular formula is C14H24O2Si. The Labute approximate surface area is 106 Å². The Morgan fingerprint density at radius 2 is 1.88 bits per heavy atom. The summed E-state index contributed by atoms with van der Waals surface area (Å²) < 4.78 is 4.62. The van der Waals surface area contributed by atoms with Crippen molar-refractivity contribution in [2.24, 2.45) is 0 Å². The van der Waals surface area contributed by atoms with Crippen LogP contribution in [0.4, 0.5) is 0 Å². The highest BCUT2D eigenvalue weighted by molar-refractivity contribution is 6.76. The Morgan fingerprint density at radius 1 is 1.24 bits per heavy atom. The van der Waals surface area contributed by atoms with Gasteiger partial charge in [0.25, 0.3) is 0 Å². The molecule has 0 bridgehead atoms. The number of hydrogen-bond acceptors (Lipinski definition) is 2. The van der Waals surface area contributed by atoms with Crippen LogP contribution in [0.15, 0.2) is 36.5 Å². The van der Waals surface area contributed by atoms with Gasteiger partial charge in [0.2, 0.25) is 0 Å². The molecule has 0 aromatic carbocycles. The minimum absolute atomic E-state index is 0.291. The molecule has 0 aliphatic heterocycles. The van der Waals surface area contributed by atoms with E-state index in [9.17, 15) is 4.79 Å². The van der Waals surface area contributed by atoms with Crippen molar-refractivity contribution in [2.75, 3.05) is 7.11 Å². The van der Waals surface area contributed by atoms with E-state index in [0.29, 0.717) is 0 Å². The second kappa shape index (κ2) is 8.07. The van der Waals surface area contributed by atoms with E-state index in [4.69, 9.17) is 0 Å². The third-order valence-corrected chi connectivity index (χ3v) is 3.67. The maximum absolute atomic E-state index is 11.1. The molecule has 96 valence electrons. The number of esters is 1. The largest absolute Gasteiger partial charge is 0.466 e. The first-order valence-corrected chi connectivity index (χ1v) is 9.63. The summed E-state index contributed by atoms with van der Waals surface area (Å²) in [5, 5.41) is 0. The minimum atomic E-state index is -1.00. The number of methoxy groups -OCH3 is 1. The molecule has 0 fully saturated rings. The van der Waals surface area contributed by atoms with Gasteiger partial charge in [0.15, 0.2) is 0 Å². The normalized spacial score (nSPS) is 12.8. The van der Waals surface area contributed by atoms with Crippen LogP contribution in [0.5, 0.6) is 0 Å². The van der Waals surface area contributed by atoms with Gasteiger partial charge in [-0.3, -0.25) is 0 Å². The second-order valence-electron chi connectivity index (χ2n) is 5.26. The predicted octanol–water partition coefficient (Wildman–Crippen LogP) is 3.95. The van der Waals surface area contributed by atoms with Crippen molar-refractivity contribution in [1.29, 1.82) is 0 Å². The van der Waals surface area contributed by atoms with Gasteiger partial charge in [-0.25, -0.2) is 4.79 Å². The average Bonchev–Trinajstić information content (AvgIpc) is 2.23. The van der Waals surface area contributed by atoms with Crippen molar-refractivity contribution in [3.8, 4) is 0 Å². The number of carbonyl (C=O) groups excluding carboxylic acids is 1. The summed E-state index contributed by atoms with van der Waals surface area (Å²) in [6.07, 6.45) is 9.25. The van der Waals surface area contributed by atoms with Crippen LogP contribution in [0.1, 0.15) is 12.8 Å². The highest BCUT2D eigenvalue weighted by Crippen LogP contribution is 2.12. The molecule has 0 atom stereocenters. The van der Waals surface area contributed by atoms with Crippen molar-refractivity contribution < 1.29 is 9.53 Å². The molecule has 0 spiro atoms. The van der Waals surface area contributed by atoms with Gasteiger partial charge in [-0.2, -0.15) is 0 Å². The van der Waals surface area contributed by atoms with Gasteiger partial charge in [0.1, 0.15) is 0 Å². The van der Waals surface area contributed by atoms with Crippen LogP contribution in [0, 0.1) is 0 Å². The molecule has 0 aliphatic carbocycles. The molecule has 2 nitrogen and oxygen atoms in total. The molecule has 0 aliphatic rings. The van der Waals surface area contributed by atoms with E-state index in [-0.39, 0.29) is 5.97 Å². The summed E-state index contributed by atoms with van der Waals surface area (Å²) in [5.74, 6) is -0.291. The van der Waals surface area contributed by atoms with Crippen LogP contribution >= 0.6 is 0 Å². The van der Waals surface area contributed by atoms with Crippen molar-refractivity contribution >= 4 is 14.0 Å². The fourth-order valence-corrected chi connectivity index (χ4v) is 2.16. The zero-order valence-corrected chi connectivity index (χ0v) is 12.5. The van der Waals surface area contributed by atoms with Crippen molar-refractivity contribution in [1.82, 2.24) is 0 Å². The Bertz CT molecular complexity index is 309. The van der Waals surface area contributed by atoms with Crippen LogP contribution in [0.3, 0.4) is 0 Å². The van der Waals surface area contributed by atoms with E-state index >= 15 is 0 Å². The minimum Gasteiger partial charge on any atom is -0.466 e. The van der Waals surface area contributed by atoms with Gasteiger partial charge in [0, 0.05) is 14.1 Å². The lowest BCUT2D eigenvalue weighted by molar-refractivity contribution is -0.134. The Hall–Kier alpha value is -1.09. The molecule has 0 N–H and O–H groups in total. The monoisotopic (exact) mass is 252 g/mol. The molecule has 0 radical (unpaired) electrons. The fourth-order valence-electron chi connectivity index (χ4n) is 1.28. The maximum Gasteiger partial charge on any atom is 0.330 e. The summed E-state index contributed by atoms with van der Waals surface area (Å²) >= 11 is 0. The molecule has 0 heterocycles. The highest BCUT2D eigenvalue weighted by atomic mass is 28.3.